The van der Waals surface area contributed by atoms with Crippen LogP contribution in [0.1, 0.15) is 34.2 Å². The molecule has 1 N–H and O–H groups in total. The summed E-state index contributed by atoms with van der Waals surface area (Å²) >= 11 is 1.91. The molecule has 5 aromatic rings. The van der Waals surface area contributed by atoms with Crippen molar-refractivity contribution in [1.82, 2.24) is 5.32 Å². The van der Waals surface area contributed by atoms with Crippen LogP contribution in [0.5, 0.6) is 0 Å². The molecule has 37 heavy (non-hydrogen) atoms. The van der Waals surface area contributed by atoms with Crippen LogP contribution < -0.4 is 5.32 Å². The van der Waals surface area contributed by atoms with Crippen LogP contribution in [0.15, 0.2) is 125 Å². The van der Waals surface area contributed by atoms with Gasteiger partial charge in [-0.2, -0.15) is 0 Å². The van der Waals surface area contributed by atoms with Crippen molar-refractivity contribution in [3.63, 3.8) is 0 Å². The molecule has 1 aliphatic heterocycles. The zero-order chi connectivity index (χ0) is 24.6. The fourth-order valence-corrected chi connectivity index (χ4v) is 6.45. The summed E-state index contributed by atoms with van der Waals surface area (Å²) < 4.78 is 1.33. The predicted octanol–water partition coefficient (Wildman–Crippen LogP) is 8.05. The van der Waals surface area contributed by atoms with Crippen LogP contribution in [-0.2, 0) is 6.42 Å². The van der Waals surface area contributed by atoms with E-state index in [0.29, 0.717) is 0 Å². The lowest BCUT2D eigenvalue weighted by atomic mass is 9.93. The maximum absolute atomic E-state index is 5.17. The summed E-state index contributed by atoms with van der Waals surface area (Å²) in [4.78, 5) is 11.7. The van der Waals surface area contributed by atoms with Crippen LogP contribution in [0.2, 0.25) is 0 Å². The van der Waals surface area contributed by atoms with Crippen molar-refractivity contribution >= 4 is 38.7 Å². The summed E-state index contributed by atoms with van der Waals surface area (Å²) in [6.07, 6.45) is 4.14. The minimum atomic E-state index is -0.302. The molecule has 0 saturated carbocycles. The molecule has 0 bridgehead atoms. The summed E-state index contributed by atoms with van der Waals surface area (Å²) in [5, 5.41) is 4.96. The molecular weight excluding hydrogens is 470 g/mol. The van der Waals surface area contributed by atoms with Crippen LogP contribution in [0.25, 0.3) is 26.8 Å². The Balaban J connectivity index is 1.34. The van der Waals surface area contributed by atoms with Gasteiger partial charge in [-0.3, -0.25) is 0 Å². The zero-order valence-corrected chi connectivity index (χ0v) is 21.1. The van der Waals surface area contributed by atoms with Crippen molar-refractivity contribution in [3.8, 4) is 11.1 Å². The number of rotatable bonds is 4. The normalized spacial score (nSPS) is 16.9. The quantitative estimate of drug-likeness (QED) is 0.269. The molecule has 1 aliphatic carbocycles. The molecule has 2 aliphatic rings. The Morgan fingerprint density at radius 3 is 2.24 bits per heavy atom. The Labute approximate surface area is 220 Å². The highest BCUT2D eigenvalue weighted by atomic mass is 32.1. The number of aliphatic imine (C=N–C) groups is 2. The predicted molar refractivity (Wildman–Crippen MR) is 156 cm³/mol. The number of allylic oxidation sites excluding steroid dienone is 1. The lowest BCUT2D eigenvalue weighted by Gasteiger charge is -2.25. The average Bonchev–Trinajstić information content (AvgIpc) is 3.37. The van der Waals surface area contributed by atoms with E-state index in [2.05, 4.69) is 108 Å². The van der Waals surface area contributed by atoms with Gasteiger partial charge >= 0.3 is 0 Å². The van der Waals surface area contributed by atoms with Gasteiger partial charge in [-0.05, 0) is 41.7 Å². The van der Waals surface area contributed by atoms with E-state index in [9.17, 15) is 0 Å². The van der Waals surface area contributed by atoms with Crippen molar-refractivity contribution in [2.45, 2.75) is 19.0 Å². The van der Waals surface area contributed by atoms with Gasteiger partial charge in [0.25, 0.3) is 0 Å². The Morgan fingerprint density at radius 1 is 0.676 bits per heavy atom. The van der Waals surface area contributed by atoms with Crippen LogP contribution >= 0.6 is 11.3 Å². The van der Waals surface area contributed by atoms with Crippen molar-refractivity contribution in [1.29, 1.82) is 0 Å². The third kappa shape index (κ3) is 4.09. The Kier molecular flexibility index (Phi) is 5.52. The molecule has 0 radical (unpaired) electrons. The van der Waals surface area contributed by atoms with Gasteiger partial charge in [-0.15, -0.1) is 11.3 Å². The molecule has 1 atom stereocenters. The Morgan fingerprint density at radius 2 is 1.38 bits per heavy atom. The topological polar surface area (TPSA) is 36.8 Å². The summed E-state index contributed by atoms with van der Waals surface area (Å²) in [5.41, 5.74) is 7.02. The smallest absolute Gasteiger partial charge is 0.169 e. The van der Waals surface area contributed by atoms with Crippen LogP contribution in [0.3, 0.4) is 0 Å². The first-order valence-electron chi connectivity index (χ1n) is 12.7. The van der Waals surface area contributed by atoms with E-state index >= 15 is 0 Å². The second-order valence-electron chi connectivity index (χ2n) is 9.36. The Bertz CT molecular complexity index is 1690. The molecule has 7 rings (SSSR count). The highest BCUT2D eigenvalue weighted by molar-refractivity contribution is 7.19. The number of aryl methyl sites for hydroxylation is 1. The maximum Gasteiger partial charge on any atom is 0.169 e. The largest absolute Gasteiger partial charge is 0.324 e. The van der Waals surface area contributed by atoms with Gasteiger partial charge in [0.2, 0.25) is 0 Å². The molecular formula is C33H25N3S. The molecule has 2 heterocycles. The van der Waals surface area contributed by atoms with Gasteiger partial charge in [-0.1, -0.05) is 103 Å². The molecule has 0 spiro atoms. The molecule has 4 aromatic carbocycles. The van der Waals surface area contributed by atoms with Crippen molar-refractivity contribution in [3.05, 3.63) is 137 Å². The van der Waals surface area contributed by atoms with Crippen LogP contribution in [-0.4, -0.2) is 11.7 Å². The third-order valence-corrected chi connectivity index (χ3v) is 8.22. The van der Waals surface area contributed by atoms with Gasteiger partial charge in [0, 0.05) is 31.7 Å². The first-order chi connectivity index (χ1) is 18.3. The number of thiophene rings is 1. The van der Waals surface area contributed by atoms with Gasteiger partial charge in [0.05, 0.1) is 0 Å². The number of hydrogen-bond acceptors (Lipinski definition) is 4. The second kappa shape index (κ2) is 9.30. The summed E-state index contributed by atoms with van der Waals surface area (Å²) in [5.74, 6) is 1.75. The van der Waals surface area contributed by atoms with E-state index in [0.717, 1.165) is 35.6 Å². The van der Waals surface area contributed by atoms with E-state index in [-0.39, 0.29) is 6.17 Å². The molecule has 0 saturated heterocycles. The lowest BCUT2D eigenvalue weighted by molar-refractivity contribution is 0.757. The van der Waals surface area contributed by atoms with E-state index in [1.165, 1.54) is 37.2 Å². The first-order valence-corrected chi connectivity index (χ1v) is 13.5. The van der Waals surface area contributed by atoms with Gasteiger partial charge in [0.15, 0.2) is 6.17 Å². The van der Waals surface area contributed by atoms with E-state index in [1.54, 1.807) is 0 Å². The summed E-state index contributed by atoms with van der Waals surface area (Å²) in [7, 11) is 0. The minimum Gasteiger partial charge on any atom is -0.324 e. The van der Waals surface area contributed by atoms with Crippen molar-refractivity contribution < 1.29 is 0 Å². The van der Waals surface area contributed by atoms with Gasteiger partial charge in [-0.25, -0.2) is 9.98 Å². The highest BCUT2D eigenvalue weighted by Gasteiger charge is 2.27. The van der Waals surface area contributed by atoms with E-state index in [1.807, 2.05) is 23.5 Å². The van der Waals surface area contributed by atoms with Crippen LogP contribution in [0.4, 0.5) is 0 Å². The third-order valence-electron chi connectivity index (χ3n) is 6.99. The lowest BCUT2D eigenvalue weighted by Crippen LogP contribution is -2.36. The molecule has 4 heteroatoms. The number of amidine groups is 2. The Hall–Kier alpha value is -4.28. The zero-order valence-electron chi connectivity index (χ0n) is 20.3. The summed E-state index contributed by atoms with van der Waals surface area (Å²) in [6, 6.07) is 38.2. The fourth-order valence-electron chi connectivity index (χ4n) is 5.22. The van der Waals surface area contributed by atoms with Gasteiger partial charge in [0.1, 0.15) is 11.7 Å². The highest BCUT2D eigenvalue weighted by Crippen LogP contribution is 2.40. The molecule has 0 fully saturated rings. The van der Waals surface area contributed by atoms with Crippen molar-refractivity contribution in [2.24, 2.45) is 9.98 Å². The maximum atomic E-state index is 5.17. The monoisotopic (exact) mass is 495 g/mol. The number of nitrogens with zero attached hydrogens (tertiary/aromatic N) is 2. The number of fused-ring (bicyclic) bond motifs is 3. The molecule has 3 nitrogen and oxygen atoms in total. The fraction of sp³-hybridized carbons (Fsp3) is 0.0909. The van der Waals surface area contributed by atoms with E-state index < -0.39 is 0 Å². The average molecular weight is 496 g/mol. The molecule has 178 valence electrons. The molecule has 0 amide bonds. The standard InChI is InChI=1S/C33H25N3S/c1-3-11-22(12-4-1)24-15-9-16-25(21-24)32-34-31(23-13-5-2-6-14-23)35-33(36-32)27-18-10-20-29-30(27)26-17-7-8-19-28(26)37-29/h1-9,11-19,21,31H,10,20H2,(H,34,35,36). The number of benzene rings is 4. The number of nitrogens with one attached hydrogen (secondary N) is 1. The SMILES string of the molecule is C1=C(C2=NC(c3ccccc3)N=C(c3cccc(-c4ccccc4)c3)N2)c2c(sc3ccccc23)CC1. The second-order valence-corrected chi connectivity index (χ2v) is 10.5. The number of hydrogen-bond donors (Lipinski definition) is 1. The first kappa shape index (κ1) is 22.0. The molecule has 1 aromatic heterocycles. The van der Waals surface area contributed by atoms with Gasteiger partial charge < -0.3 is 5.32 Å². The minimum absolute atomic E-state index is 0.302. The van der Waals surface area contributed by atoms with E-state index in [4.69, 9.17) is 9.98 Å². The summed E-state index contributed by atoms with van der Waals surface area (Å²) in [6.45, 7) is 0. The van der Waals surface area contributed by atoms with Crippen molar-refractivity contribution in [2.75, 3.05) is 0 Å². The molecule has 1 unspecified atom stereocenters. The van der Waals surface area contributed by atoms with Crippen LogP contribution in [0, 0.1) is 0 Å².